The summed E-state index contributed by atoms with van der Waals surface area (Å²) in [7, 11) is 1.82. The molecule has 1 N–H and O–H groups in total. The van der Waals surface area contributed by atoms with Crippen LogP contribution in [0, 0.1) is 5.92 Å². The SMILES string of the molecule is CCNC1CCCCC1CCC(C)(C)OC. The molecule has 0 bridgehead atoms. The lowest BCUT2D eigenvalue weighted by molar-refractivity contribution is 0.00764. The van der Waals surface area contributed by atoms with Gasteiger partial charge in [0.25, 0.3) is 0 Å². The first-order chi connectivity index (χ1) is 7.59. The largest absolute Gasteiger partial charge is 0.379 e. The highest BCUT2D eigenvalue weighted by molar-refractivity contribution is 4.82. The molecule has 2 heteroatoms. The van der Waals surface area contributed by atoms with Crippen LogP contribution in [0.25, 0.3) is 0 Å². The Labute approximate surface area is 101 Å². The molecule has 16 heavy (non-hydrogen) atoms. The Morgan fingerprint density at radius 1 is 1.25 bits per heavy atom. The number of rotatable bonds is 6. The smallest absolute Gasteiger partial charge is 0.0622 e. The van der Waals surface area contributed by atoms with Crippen molar-refractivity contribution in [2.24, 2.45) is 5.92 Å². The van der Waals surface area contributed by atoms with Gasteiger partial charge in [-0.3, -0.25) is 0 Å². The van der Waals surface area contributed by atoms with Gasteiger partial charge in [0.15, 0.2) is 0 Å². The molecule has 0 aromatic carbocycles. The summed E-state index contributed by atoms with van der Waals surface area (Å²) in [5, 5.41) is 3.65. The van der Waals surface area contributed by atoms with E-state index in [1.54, 1.807) is 0 Å². The molecule has 0 amide bonds. The molecule has 0 heterocycles. The van der Waals surface area contributed by atoms with Gasteiger partial charge >= 0.3 is 0 Å². The summed E-state index contributed by atoms with van der Waals surface area (Å²) < 4.78 is 5.50. The van der Waals surface area contributed by atoms with E-state index < -0.39 is 0 Å². The molecule has 0 radical (unpaired) electrons. The lowest BCUT2D eigenvalue weighted by atomic mass is 9.80. The van der Waals surface area contributed by atoms with Crippen molar-refractivity contribution in [1.29, 1.82) is 0 Å². The third-order valence-corrected chi connectivity index (χ3v) is 4.05. The molecule has 2 atom stereocenters. The molecule has 1 aliphatic rings. The molecule has 2 nitrogen and oxygen atoms in total. The van der Waals surface area contributed by atoms with Gasteiger partial charge in [0.1, 0.15) is 0 Å². The van der Waals surface area contributed by atoms with Crippen LogP contribution in [-0.2, 0) is 4.74 Å². The quantitative estimate of drug-likeness (QED) is 0.751. The van der Waals surface area contributed by atoms with Gasteiger partial charge in [-0.1, -0.05) is 19.8 Å². The van der Waals surface area contributed by atoms with Crippen LogP contribution in [0.5, 0.6) is 0 Å². The van der Waals surface area contributed by atoms with Crippen molar-refractivity contribution in [2.45, 2.75) is 70.9 Å². The summed E-state index contributed by atoms with van der Waals surface area (Å²) in [4.78, 5) is 0. The lowest BCUT2D eigenvalue weighted by Crippen LogP contribution is -2.39. The van der Waals surface area contributed by atoms with Crippen molar-refractivity contribution in [3.05, 3.63) is 0 Å². The molecule has 0 aromatic heterocycles. The molecular formula is C14H29NO. The first-order valence-corrected chi connectivity index (χ1v) is 6.87. The summed E-state index contributed by atoms with van der Waals surface area (Å²) in [5.41, 5.74) is 0.0498. The Bertz CT molecular complexity index is 189. The van der Waals surface area contributed by atoms with E-state index in [9.17, 15) is 0 Å². The lowest BCUT2D eigenvalue weighted by Gasteiger charge is -2.34. The van der Waals surface area contributed by atoms with Crippen LogP contribution in [-0.4, -0.2) is 25.3 Å². The van der Waals surface area contributed by atoms with Crippen LogP contribution in [0.2, 0.25) is 0 Å². The number of nitrogens with one attached hydrogen (secondary N) is 1. The standard InChI is InChI=1S/C14H29NO/c1-5-15-13-9-7-6-8-12(13)10-11-14(2,3)16-4/h12-13,15H,5-11H2,1-4H3. The van der Waals surface area contributed by atoms with Gasteiger partial charge in [-0.05, 0) is 52.0 Å². The van der Waals surface area contributed by atoms with Crippen LogP contribution in [0.4, 0.5) is 0 Å². The fourth-order valence-corrected chi connectivity index (χ4v) is 2.72. The van der Waals surface area contributed by atoms with E-state index in [4.69, 9.17) is 4.74 Å². The average molecular weight is 227 g/mol. The zero-order chi connectivity index (χ0) is 12.0. The number of hydrogen-bond donors (Lipinski definition) is 1. The summed E-state index contributed by atoms with van der Waals surface area (Å²) in [6, 6.07) is 0.756. The van der Waals surface area contributed by atoms with Crippen LogP contribution in [0.3, 0.4) is 0 Å². The molecule has 2 unspecified atom stereocenters. The minimum Gasteiger partial charge on any atom is -0.379 e. The molecule has 1 fully saturated rings. The Morgan fingerprint density at radius 2 is 1.94 bits per heavy atom. The number of ether oxygens (including phenoxy) is 1. The molecule has 1 rings (SSSR count). The van der Waals surface area contributed by atoms with E-state index in [1.807, 2.05) is 7.11 Å². The van der Waals surface area contributed by atoms with Crippen molar-refractivity contribution < 1.29 is 4.74 Å². The maximum atomic E-state index is 5.50. The number of methoxy groups -OCH3 is 1. The van der Waals surface area contributed by atoms with Crippen molar-refractivity contribution >= 4 is 0 Å². The second kappa shape index (κ2) is 6.61. The molecule has 0 spiro atoms. The summed E-state index contributed by atoms with van der Waals surface area (Å²) in [6.07, 6.45) is 8.07. The minimum absolute atomic E-state index is 0.0498. The van der Waals surface area contributed by atoms with Crippen molar-refractivity contribution in [3.63, 3.8) is 0 Å². The third kappa shape index (κ3) is 4.42. The minimum atomic E-state index is 0.0498. The van der Waals surface area contributed by atoms with E-state index >= 15 is 0 Å². The van der Waals surface area contributed by atoms with Gasteiger partial charge in [-0.2, -0.15) is 0 Å². The molecule has 1 aliphatic carbocycles. The van der Waals surface area contributed by atoms with Crippen LogP contribution in [0.1, 0.15) is 59.3 Å². The van der Waals surface area contributed by atoms with E-state index in [0.717, 1.165) is 18.5 Å². The maximum Gasteiger partial charge on any atom is 0.0622 e. The van der Waals surface area contributed by atoms with Crippen LogP contribution < -0.4 is 5.32 Å². The van der Waals surface area contributed by atoms with Crippen LogP contribution in [0.15, 0.2) is 0 Å². The van der Waals surface area contributed by atoms with E-state index in [1.165, 1.54) is 38.5 Å². The average Bonchev–Trinajstić information content (AvgIpc) is 2.28. The Hall–Kier alpha value is -0.0800. The second-order valence-corrected chi connectivity index (χ2v) is 5.71. The zero-order valence-corrected chi connectivity index (χ0v) is 11.5. The van der Waals surface area contributed by atoms with Crippen LogP contribution >= 0.6 is 0 Å². The molecule has 0 aliphatic heterocycles. The van der Waals surface area contributed by atoms with Gasteiger partial charge < -0.3 is 10.1 Å². The van der Waals surface area contributed by atoms with Gasteiger partial charge in [0.2, 0.25) is 0 Å². The van der Waals surface area contributed by atoms with E-state index in [2.05, 4.69) is 26.1 Å². The highest BCUT2D eigenvalue weighted by atomic mass is 16.5. The summed E-state index contributed by atoms with van der Waals surface area (Å²) >= 11 is 0. The van der Waals surface area contributed by atoms with E-state index in [0.29, 0.717) is 0 Å². The predicted molar refractivity (Wildman–Crippen MR) is 69.7 cm³/mol. The van der Waals surface area contributed by atoms with Gasteiger partial charge in [0, 0.05) is 13.2 Å². The topological polar surface area (TPSA) is 21.3 Å². The first-order valence-electron chi connectivity index (χ1n) is 6.87. The van der Waals surface area contributed by atoms with Crippen molar-refractivity contribution in [1.82, 2.24) is 5.32 Å². The fraction of sp³-hybridized carbons (Fsp3) is 1.00. The van der Waals surface area contributed by atoms with Gasteiger partial charge in [0.05, 0.1) is 5.60 Å². The Balaban J connectivity index is 2.37. The molecular weight excluding hydrogens is 198 g/mol. The highest BCUT2D eigenvalue weighted by Gasteiger charge is 2.26. The maximum absolute atomic E-state index is 5.50. The highest BCUT2D eigenvalue weighted by Crippen LogP contribution is 2.30. The van der Waals surface area contributed by atoms with Crippen molar-refractivity contribution in [2.75, 3.05) is 13.7 Å². The van der Waals surface area contributed by atoms with Gasteiger partial charge in [-0.15, -0.1) is 0 Å². The fourth-order valence-electron chi connectivity index (χ4n) is 2.72. The Morgan fingerprint density at radius 3 is 2.56 bits per heavy atom. The Kier molecular flexibility index (Phi) is 5.77. The molecule has 1 saturated carbocycles. The normalized spacial score (nSPS) is 27.0. The van der Waals surface area contributed by atoms with Gasteiger partial charge in [-0.25, -0.2) is 0 Å². The second-order valence-electron chi connectivity index (χ2n) is 5.71. The first kappa shape index (κ1) is 14.0. The third-order valence-electron chi connectivity index (χ3n) is 4.05. The van der Waals surface area contributed by atoms with E-state index in [-0.39, 0.29) is 5.60 Å². The zero-order valence-electron chi connectivity index (χ0n) is 11.5. The molecule has 0 aromatic rings. The van der Waals surface area contributed by atoms with Crippen molar-refractivity contribution in [3.8, 4) is 0 Å². The monoisotopic (exact) mass is 227 g/mol. The summed E-state index contributed by atoms with van der Waals surface area (Å²) in [5.74, 6) is 0.864. The predicted octanol–water partition coefficient (Wildman–Crippen LogP) is 3.36. The molecule has 0 saturated heterocycles. The molecule has 96 valence electrons. The number of hydrogen-bond acceptors (Lipinski definition) is 2. The summed E-state index contributed by atoms with van der Waals surface area (Å²) in [6.45, 7) is 7.70.